The van der Waals surface area contributed by atoms with Gasteiger partial charge in [-0.3, -0.25) is 34.2 Å². The van der Waals surface area contributed by atoms with E-state index in [9.17, 15) is 29.3 Å². The number of benzene rings is 2. The van der Waals surface area contributed by atoms with Gasteiger partial charge in [-0.1, -0.05) is 6.07 Å². The molecule has 2 aromatic rings. The maximum atomic E-state index is 12.5. The summed E-state index contributed by atoms with van der Waals surface area (Å²) in [5, 5.41) is 13.5. The van der Waals surface area contributed by atoms with Gasteiger partial charge in [-0.2, -0.15) is 0 Å². The highest BCUT2D eigenvalue weighted by atomic mass is 16.6. The average molecular weight is 408 g/mol. The largest absolute Gasteiger partial charge is 0.324 e. The van der Waals surface area contributed by atoms with Crippen molar-refractivity contribution >= 4 is 40.7 Å². The van der Waals surface area contributed by atoms with Crippen molar-refractivity contribution in [3.05, 3.63) is 63.7 Å². The monoisotopic (exact) mass is 408 g/mol. The highest BCUT2D eigenvalue weighted by Gasteiger charge is 2.37. The number of nitro benzene ring substituents is 1. The van der Waals surface area contributed by atoms with Gasteiger partial charge in [0.15, 0.2) is 0 Å². The zero-order valence-electron chi connectivity index (χ0n) is 15.7. The molecule has 0 aromatic heterocycles. The molecule has 1 N–H and O–H groups in total. The number of amides is 4. The molecular formula is C20H16N4O6. The Morgan fingerprint density at radius 2 is 1.83 bits per heavy atom. The Morgan fingerprint density at radius 1 is 1.07 bits per heavy atom. The fourth-order valence-corrected chi connectivity index (χ4v) is 3.55. The molecule has 2 aliphatic rings. The highest BCUT2D eigenvalue weighted by molar-refractivity contribution is 6.23. The molecule has 0 unspecified atom stereocenters. The first-order valence-corrected chi connectivity index (χ1v) is 9.20. The van der Waals surface area contributed by atoms with Crippen LogP contribution in [0.5, 0.6) is 0 Å². The van der Waals surface area contributed by atoms with E-state index in [2.05, 4.69) is 5.32 Å². The van der Waals surface area contributed by atoms with E-state index in [1.165, 1.54) is 6.07 Å². The standard InChI is InChI=1S/C20H16N4O6/c25-17(21-12-3-1-4-13(9-12)22-8-2-5-18(22)26)11-23-19(27)15-7-6-14(24(29)30)10-16(15)20(23)28/h1,3-4,6-7,9-10H,2,5,8,11H2,(H,21,25). The lowest BCUT2D eigenvalue weighted by atomic mass is 10.1. The lowest BCUT2D eigenvalue weighted by molar-refractivity contribution is -0.384. The topological polar surface area (TPSA) is 130 Å². The lowest BCUT2D eigenvalue weighted by Gasteiger charge is -2.17. The Kier molecular flexibility index (Phi) is 4.74. The van der Waals surface area contributed by atoms with Crippen LogP contribution < -0.4 is 10.2 Å². The summed E-state index contributed by atoms with van der Waals surface area (Å²) in [5.41, 5.74) is 0.687. The first-order chi connectivity index (χ1) is 14.3. The van der Waals surface area contributed by atoms with Crippen molar-refractivity contribution in [1.29, 1.82) is 0 Å². The lowest BCUT2D eigenvalue weighted by Crippen LogP contribution is -2.37. The molecule has 10 nitrogen and oxygen atoms in total. The van der Waals surface area contributed by atoms with Crippen LogP contribution in [0.3, 0.4) is 0 Å². The van der Waals surface area contributed by atoms with Crippen molar-refractivity contribution < 1.29 is 24.1 Å². The van der Waals surface area contributed by atoms with Crippen molar-refractivity contribution in [2.45, 2.75) is 12.8 Å². The van der Waals surface area contributed by atoms with E-state index >= 15 is 0 Å². The second-order valence-corrected chi connectivity index (χ2v) is 6.93. The second kappa shape index (κ2) is 7.39. The predicted molar refractivity (Wildman–Crippen MR) is 105 cm³/mol. The summed E-state index contributed by atoms with van der Waals surface area (Å²) in [7, 11) is 0. The smallest absolute Gasteiger partial charge is 0.270 e. The quantitative estimate of drug-likeness (QED) is 0.457. The fourth-order valence-electron chi connectivity index (χ4n) is 3.55. The van der Waals surface area contributed by atoms with Gasteiger partial charge in [-0.25, -0.2) is 0 Å². The van der Waals surface area contributed by atoms with Crippen molar-refractivity contribution in [2.75, 3.05) is 23.3 Å². The second-order valence-electron chi connectivity index (χ2n) is 6.93. The van der Waals surface area contributed by atoms with Crippen LogP contribution in [0.25, 0.3) is 0 Å². The minimum atomic E-state index is -0.759. The summed E-state index contributed by atoms with van der Waals surface area (Å²) >= 11 is 0. The number of nitrogens with one attached hydrogen (secondary N) is 1. The normalized spacial score (nSPS) is 15.5. The Hall–Kier alpha value is -4.08. The van der Waals surface area contributed by atoms with E-state index in [-0.39, 0.29) is 22.7 Å². The molecule has 0 aliphatic carbocycles. The maximum absolute atomic E-state index is 12.5. The van der Waals surface area contributed by atoms with Crippen LogP contribution in [-0.2, 0) is 9.59 Å². The van der Waals surface area contributed by atoms with Crippen molar-refractivity contribution in [3.63, 3.8) is 0 Å². The molecule has 2 aliphatic heterocycles. The number of nitrogens with zero attached hydrogens (tertiary/aromatic N) is 3. The number of nitro groups is 1. The van der Waals surface area contributed by atoms with Gasteiger partial charge >= 0.3 is 0 Å². The third-order valence-corrected chi connectivity index (χ3v) is 4.98. The molecule has 1 fully saturated rings. The van der Waals surface area contributed by atoms with Gasteiger partial charge in [0, 0.05) is 36.5 Å². The number of carbonyl (C=O) groups excluding carboxylic acids is 4. The number of hydrogen-bond donors (Lipinski definition) is 1. The first-order valence-electron chi connectivity index (χ1n) is 9.20. The number of rotatable bonds is 5. The molecule has 0 spiro atoms. The maximum Gasteiger partial charge on any atom is 0.270 e. The van der Waals surface area contributed by atoms with E-state index in [4.69, 9.17) is 0 Å². The van der Waals surface area contributed by atoms with Gasteiger partial charge in [-0.05, 0) is 30.7 Å². The van der Waals surface area contributed by atoms with Crippen molar-refractivity contribution in [1.82, 2.24) is 4.90 Å². The van der Waals surface area contributed by atoms with Crippen molar-refractivity contribution in [2.24, 2.45) is 0 Å². The zero-order valence-corrected chi connectivity index (χ0v) is 15.7. The molecule has 2 heterocycles. The van der Waals surface area contributed by atoms with E-state index in [0.29, 0.717) is 24.3 Å². The summed E-state index contributed by atoms with van der Waals surface area (Å²) < 4.78 is 0. The minimum Gasteiger partial charge on any atom is -0.324 e. The van der Waals surface area contributed by atoms with Gasteiger partial charge in [0.25, 0.3) is 17.5 Å². The van der Waals surface area contributed by atoms with Crippen LogP contribution in [-0.4, -0.2) is 46.5 Å². The predicted octanol–water partition coefficient (Wildman–Crippen LogP) is 1.96. The molecule has 10 heteroatoms. The zero-order chi connectivity index (χ0) is 21.4. The number of imide groups is 1. The first kappa shape index (κ1) is 19.2. The van der Waals surface area contributed by atoms with E-state index in [0.717, 1.165) is 23.5 Å². The molecule has 152 valence electrons. The van der Waals surface area contributed by atoms with Gasteiger partial charge in [0.2, 0.25) is 11.8 Å². The molecule has 0 radical (unpaired) electrons. The Morgan fingerprint density at radius 3 is 2.53 bits per heavy atom. The summed E-state index contributed by atoms with van der Waals surface area (Å²) in [6.07, 6.45) is 1.25. The highest BCUT2D eigenvalue weighted by Crippen LogP contribution is 2.27. The van der Waals surface area contributed by atoms with Gasteiger partial charge in [0.05, 0.1) is 16.1 Å². The van der Waals surface area contributed by atoms with E-state index in [1.807, 2.05) is 0 Å². The van der Waals surface area contributed by atoms with Crippen LogP contribution in [0, 0.1) is 10.1 Å². The summed E-state index contributed by atoms with van der Waals surface area (Å²) in [5.74, 6) is -2.04. The molecule has 0 atom stereocenters. The van der Waals surface area contributed by atoms with Crippen LogP contribution in [0.1, 0.15) is 33.6 Å². The molecular weight excluding hydrogens is 392 g/mol. The molecule has 4 rings (SSSR count). The Bertz CT molecular complexity index is 1110. The molecule has 0 saturated carbocycles. The average Bonchev–Trinajstić information content (AvgIpc) is 3.25. The number of fused-ring (bicyclic) bond motifs is 1. The summed E-state index contributed by atoms with van der Waals surface area (Å²) in [6.45, 7) is 0.0738. The molecule has 1 saturated heterocycles. The Labute approximate surface area is 170 Å². The van der Waals surface area contributed by atoms with Crippen molar-refractivity contribution in [3.8, 4) is 0 Å². The van der Waals surface area contributed by atoms with Crippen LogP contribution in [0.15, 0.2) is 42.5 Å². The molecule has 30 heavy (non-hydrogen) atoms. The Balaban J connectivity index is 1.47. The van der Waals surface area contributed by atoms with E-state index < -0.39 is 29.2 Å². The summed E-state index contributed by atoms with van der Waals surface area (Å²) in [6, 6.07) is 10.1. The SMILES string of the molecule is O=C(CN1C(=O)c2ccc([N+](=O)[O-])cc2C1=O)Nc1cccc(N2CCCC2=O)c1. The van der Waals surface area contributed by atoms with Crippen LogP contribution in [0.4, 0.5) is 17.1 Å². The number of carbonyl (C=O) groups is 4. The van der Waals surface area contributed by atoms with Gasteiger partial charge < -0.3 is 10.2 Å². The fraction of sp³-hybridized carbons (Fsp3) is 0.200. The molecule has 4 amide bonds. The third-order valence-electron chi connectivity index (χ3n) is 4.98. The van der Waals surface area contributed by atoms with Gasteiger partial charge in [0.1, 0.15) is 6.54 Å². The molecule has 2 aromatic carbocycles. The third kappa shape index (κ3) is 3.39. The number of hydrogen-bond acceptors (Lipinski definition) is 6. The van der Waals surface area contributed by atoms with Gasteiger partial charge in [-0.15, -0.1) is 0 Å². The molecule has 0 bridgehead atoms. The minimum absolute atomic E-state index is 0.0126. The summed E-state index contributed by atoms with van der Waals surface area (Å²) in [4.78, 5) is 61.9. The van der Waals surface area contributed by atoms with Crippen LogP contribution >= 0.6 is 0 Å². The van der Waals surface area contributed by atoms with E-state index in [1.54, 1.807) is 29.2 Å². The number of anilines is 2. The van der Waals surface area contributed by atoms with Crippen LogP contribution in [0.2, 0.25) is 0 Å². The number of non-ortho nitro benzene ring substituents is 1.